The number of benzene rings is 1. The van der Waals surface area contributed by atoms with Crippen LogP contribution in [-0.2, 0) is 17.4 Å². The van der Waals surface area contributed by atoms with Gasteiger partial charge in [-0.25, -0.2) is 0 Å². The highest BCUT2D eigenvalue weighted by molar-refractivity contribution is 9.10. The van der Waals surface area contributed by atoms with E-state index < -0.39 is 22.1 Å². The maximum atomic E-state index is 12.8. The molecule has 1 aliphatic rings. The molecular formula is C14H11BrF3NO. The maximum Gasteiger partial charge on any atom is 0.417 e. The average Bonchev–Trinajstić information content (AvgIpc) is 3.21. The Labute approximate surface area is 122 Å². The molecular weight excluding hydrogens is 335 g/mol. The van der Waals surface area contributed by atoms with Crippen molar-refractivity contribution in [3.63, 3.8) is 0 Å². The van der Waals surface area contributed by atoms with Gasteiger partial charge in [0.25, 0.3) is 0 Å². The normalized spacial score (nSPS) is 16.6. The summed E-state index contributed by atoms with van der Waals surface area (Å²) in [6.45, 7) is 0. The van der Waals surface area contributed by atoms with E-state index in [1.165, 1.54) is 12.1 Å². The summed E-state index contributed by atoms with van der Waals surface area (Å²) in [6.07, 6.45) is -2.64. The minimum Gasteiger partial charge on any atom is -0.298 e. The molecule has 0 aromatic heterocycles. The molecule has 1 unspecified atom stereocenters. The van der Waals surface area contributed by atoms with E-state index in [1.807, 2.05) is 0 Å². The Balaban J connectivity index is 2.21. The zero-order valence-electron chi connectivity index (χ0n) is 10.4. The largest absolute Gasteiger partial charge is 0.417 e. The molecule has 1 aliphatic carbocycles. The van der Waals surface area contributed by atoms with Crippen LogP contribution in [0, 0.1) is 17.2 Å². The fourth-order valence-electron chi connectivity index (χ4n) is 1.98. The predicted octanol–water partition coefficient (Wildman–Crippen LogP) is 3.86. The van der Waals surface area contributed by atoms with Gasteiger partial charge in [-0.2, -0.15) is 18.4 Å². The number of nitrogens with zero attached hydrogens (tertiary/aromatic N) is 1. The molecule has 6 heteroatoms. The van der Waals surface area contributed by atoms with Crippen molar-refractivity contribution in [1.82, 2.24) is 0 Å². The van der Waals surface area contributed by atoms with Gasteiger partial charge in [0, 0.05) is 5.92 Å². The number of nitriles is 1. The summed E-state index contributed by atoms with van der Waals surface area (Å²) in [7, 11) is 0. The van der Waals surface area contributed by atoms with Gasteiger partial charge in [0.15, 0.2) is 0 Å². The molecule has 1 saturated carbocycles. The highest BCUT2D eigenvalue weighted by atomic mass is 79.9. The molecule has 1 aromatic rings. The van der Waals surface area contributed by atoms with Gasteiger partial charge < -0.3 is 0 Å². The molecule has 0 amide bonds. The van der Waals surface area contributed by atoms with Crippen LogP contribution in [0.5, 0.6) is 0 Å². The highest BCUT2D eigenvalue weighted by Gasteiger charge is 2.35. The van der Waals surface area contributed by atoms with Gasteiger partial charge in [-0.15, -0.1) is 0 Å². The van der Waals surface area contributed by atoms with Crippen molar-refractivity contribution in [2.24, 2.45) is 5.92 Å². The lowest BCUT2D eigenvalue weighted by molar-refractivity contribution is -0.137. The van der Waals surface area contributed by atoms with E-state index in [1.54, 1.807) is 0 Å². The zero-order valence-corrected chi connectivity index (χ0v) is 12.0. The van der Waals surface area contributed by atoms with Crippen molar-refractivity contribution in [2.45, 2.75) is 30.3 Å². The zero-order chi connectivity index (χ0) is 14.9. The van der Waals surface area contributed by atoms with Crippen LogP contribution in [0.2, 0.25) is 0 Å². The lowest BCUT2D eigenvalue weighted by atomic mass is 9.99. The first-order chi connectivity index (χ1) is 9.32. The molecule has 0 N–H and O–H groups in total. The van der Waals surface area contributed by atoms with Crippen LogP contribution in [0.4, 0.5) is 13.2 Å². The van der Waals surface area contributed by atoms with Crippen molar-refractivity contribution >= 4 is 21.7 Å². The van der Waals surface area contributed by atoms with Crippen molar-refractivity contribution in [1.29, 1.82) is 5.26 Å². The van der Waals surface area contributed by atoms with Crippen LogP contribution in [0.15, 0.2) is 18.2 Å². The third-order valence-corrected chi connectivity index (χ3v) is 3.99. The first-order valence-corrected chi connectivity index (χ1v) is 7.02. The van der Waals surface area contributed by atoms with E-state index in [-0.39, 0.29) is 18.1 Å². The van der Waals surface area contributed by atoms with Gasteiger partial charge in [-0.3, -0.25) is 4.79 Å². The van der Waals surface area contributed by atoms with E-state index in [9.17, 15) is 18.0 Å². The third kappa shape index (κ3) is 3.40. The standard InChI is InChI=1S/C14H11BrF3NO/c15-12(13(20)9-3-4-9)6-8-1-2-10(7-19)11(5-8)14(16,17)18/h1-2,5,9,12H,3-4,6H2. The number of hydrogen-bond acceptors (Lipinski definition) is 2. The maximum absolute atomic E-state index is 12.8. The Morgan fingerprint density at radius 3 is 2.60 bits per heavy atom. The molecule has 0 bridgehead atoms. The molecule has 0 aliphatic heterocycles. The number of halogens is 4. The lowest BCUT2D eigenvalue weighted by Crippen LogP contribution is -2.19. The number of hydrogen-bond donors (Lipinski definition) is 0. The summed E-state index contributed by atoms with van der Waals surface area (Å²) in [5.74, 6) is 0.0998. The molecule has 0 saturated heterocycles. The summed E-state index contributed by atoms with van der Waals surface area (Å²) >= 11 is 3.24. The quantitative estimate of drug-likeness (QED) is 0.777. The van der Waals surface area contributed by atoms with Crippen LogP contribution in [0.25, 0.3) is 0 Å². The molecule has 1 aromatic carbocycles. The number of ketones is 1. The van der Waals surface area contributed by atoms with E-state index in [2.05, 4.69) is 15.9 Å². The predicted molar refractivity (Wildman–Crippen MR) is 70.3 cm³/mol. The fraction of sp³-hybridized carbons (Fsp3) is 0.429. The monoisotopic (exact) mass is 345 g/mol. The third-order valence-electron chi connectivity index (χ3n) is 3.21. The van der Waals surface area contributed by atoms with Crippen LogP contribution in [0.3, 0.4) is 0 Å². The van der Waals surface area contributed by atoms with Crippen LogP contribution < -0.4 is 0 Å². The topological polar surface area (TPSA) is 40.9 Å². The molecule has 2 nitrogen and oxygen atoms in total. The number of carbonyl (C=O) groups is 1. The number of carbonyl (C=O) groups excluding carboxylic acids is 1. The minimum atomic E-state index is -4.57. The van der Waals surface area contributed by atoms with Crippen LogP contribution in [-0.4, -0.2) is 10.6 Å². The van der Waals surface area contributed by atoms with Gasteiger partial charge >= 0.3 is 6.18 Å². The van der Waals surface area contributed by atoms with Crippen molar-refractivity contribution in [2.75, 3.05) is 0 Å². The SMILES string of the molecule is N#Cc1ccc(CC(Br)C(=O)C2CC2)cc1C(F)(F)F. The van der Waals surface area contributed by atoms with Crippen LogP contribution in [0.1, 0.15) is 29.5 Å². The Hall–Kier alpha value is -1.35. The second-order valence-electron chi connectivity index (χ2n) is 4.84. The van der Waals surface area contributed by atoms with Gasteiger partial charge in [-0.1, -0.05) is 22.0 Å². The molecule has 1 fully saturated rings. The van der Waals surface area contributed by atoms with E-state index >= 15 is 0 Å². The molecule has 0 radical (unpaired) electrons. The van der Waals surface area contributed by atoms with Gasteiger partial charge in [0.1, 0.15) is 5.78 Å². The summed E-state index contributed by atoms with van der Waals surface area (Å²) < 4.78 is 38.5. The molecule has 0 heterocycles. The summed E-state index contributed by atoms with van der Waals surface area (Å²) in [5.41, 5.74) is -0.954. The summed E-state index contributed by atoms with van der Waals surface area (Å²) in [5, 5.41) is 8.71. The smallest absolute Gasteiger partial charge is 0.298 e. The molecule has 0 spiro atoms. The minimum absolute atomic E-state index is 0.0444. The first-order valence-electron chi connectivity index (χ1n) is 6.11. The highest BCUT2D eigenvalue weighted by Crippen LogP contribution is 2.35. The van der Waals surface area contributed by atoms with E-state index in [0.717, 1.165) is 25.0 Å². The molecule has 106 valence electrons. The summed E-state index contributed by atoms with van der Waals surface area (Å²) in [4.78, 5) is 11.3. The fourth-order valence-corrected chi connectivity index (χ4v) is 2.73. The van der Waals surface area contributed by atoms with E-state index in [0.29, 0.717) is 5.56 Å². The van der Waals surface area contributed by atoms with E-state index in [4.69, 9.17) is 5.26 Å². The van der Waals surface area contributed by atoms with Crippen LogP contribution >= 0.6 is 15.9 Å². The molecule has 1 atom stereocenters. The van der Waals surface area contributed by atoms with Gasteiger partial charge in [-0.05, 0) is 37.0 Å². The second-order valence-corrected chi connectivity index (χ2v) is 5.94. The Morgan fingerprint density at radius 2 is 2.10 bits per heavy atom. The first kappa shape index (κ1) is 15.0. The Morgan fingerprint density at radius 1 is 1.45 bits per heavy atom. The number of rotatable bonds is 4. The Kier molecular flexibility index (Phi) is 4.19. The second kappa shape index (κ2) is 5.57. The number of alkyl halides is 4. The average molecular weight is 346 g/mol. The van der Waals surface area contributed by atoms with Gasteiger partial charge in [0.2, 0.25) is 0 Å². The lowest BCUT2D eigenvalue weighted by Gasteiger charge is -2.12. The van der Waals surface area contributed by atoms with Crippen molar-refractivity contribution < 1.29 is 18.0 Å². The molecule has 20 heavy (non-hydrogen) atoms. The van der Waals surface area contributed by atoms with Crippen molar-refractivity contribution in [3.05, 3.63) is 34.9 Å². The molecule has 2 rings (SSSR count). The van der Waals surface area contributed by atoms with Gasteiger partial charge in [0.05, 0.1) is 22.0 Å². The number of Topliss-reactive ketones (excluding diaryl/α,β-unsaturated/α-hetero) is 1. The Bertz CT molecular complexity index is 573. The summed E-state index contributed by atoms with van der Waals surface area (Å²) in [6, 6.07) is 5.10. The van der Waals surface area contributed by atoms with Crippen molar-refractivity contribution in [3.8, 4) is 6.07 Å².